The number of hydrogen-bond acceptors (Lipinski definition) is 3. The van der Waals surface area contributed by atoms with Gasteiger partial charge in [0.25, 0.3) is 0 Å². The van der Waals surface area contributed by atoms with Gasteiger partial charge < -0.3 is 14.4 Å². The Morgan fingerprint density at radius 2 is 1.75 bits per heavy atom. The van der Waals surface area contributed by atoms with Crippen LogP contribution < -0.4 is 0 Å². The molecule has 0 bridgehead atoms. The van der Waals surface area contributed by atoms with Crippen LogP contribution in [0.1, 0.15) is 60.8 Å². The molecular formula is C16H29NO3. The molecule has 0 N–H and O–H groups in total. The second-order valence-electron chi connectivity index (χ2n) is 6.82. The van der Waals surface area contributed by atoms with Crippen LogP contribution in [0.2, 0.25) is 0 Å². The van der Waals surface area contributed by atoms with Gasteiger partial charge in [-0.05, 0) is 26.7 Å². The molecule has 0 aromatic carbocycles. The lowest BCUT2D eigenvalue weighted by Gasteiger charge is -2.62. The lowest BCUT2D eigenvalue weighted by atomic mass is 9.66. The van der Waals surface area contributed by atoms with Crippen LogP contribution in [0, 0.1) is 5.92 Å². The molecule has 2 rings (SSSR count). The second-order valence-corrected chi connectivity index (χ2v) is 6.82. The van der Waals surface area contributed by atoms with E-state index in [4.69, 9.17) is 9.47 Å². The summed E-state index contributed by atoms with van der Waals surface area (Å²) in [4.78, 5) is 14.4. The maximum absolute atomic E-state index is 12.3. The molecule has 0 aromatic rings. The molecular weight excluding hydrogens is 254 g/mol. The predicted octanol–water partition coefficient (Wildman–Crippen LogP) is 2.96. The van der Waals surface area contributed by atoms with Crippen LogP contribution in [0.25, 0.3) is 0 Å². The van der Waals surface area contributed by atoms with E-state index in [2.05, 4.69) is 39.5 Å². The number of ether oxygens (including phenoxy) is 2. The molecule has 0 radical (unpaired) electrons. The fraction of sp³-hybridized carbons (Fsp3) is 0.938. The topological polar surface area (TPSA) is 38.8 Å². The number of carbonyl (C=O) groups is 1. The van der Waals surface area contributed by atoms with Gasteiger partial charge in [-0.2, -0.15) is 0 Å². The Labute approximate surface area is 122 Å². The first-order valence-electron chi connectivity index (χ1n) is 7.84. The first kappa shape index (κ1) is 15.8. The highest BCUT2D eigenvalue weighted by molar-refractivity contribution is 5.75. The van der Waals surface area contributed by atoms with E-state index in [9.17, 15) is 4.79 Å². The highest BCUT2D eigenvalue weighted by Gasteiger charge is 2.62. The maximum Gasteiger partial charge on any atom is 0.220 e. The van der Waals surface area contributed by atoms with Gasteiger partial charge >= 0.3 is 0 Å². The van der Waals surface area contributed by atoms with Gasteiger partial charge in [0.1, 0.15) is 0 Å². The lowest BCUT2D eigenvalue weighted by molar-refractivity contribution is -0.275. The summed E-state index contributed by atoms with van der Waals surface area (Å²) >= 11 is 0. The molecule has 4 heteroatoms. The summed E-state index contributed by atoms with van der Waals surface area (Å²) in [6.07, 6.45) is 2.56. The van der Waals surface area contributed by atoms with Gasteiger partial charge in [0.2, 0.25) is 5.91 Å². The van der Waals surface area contributed by atoms with Crippen molar-refractivity contribution in [3.8, 4) is 0 Å². The van der Waals surface area contributed by atoms with E-state index in [0.29, 0.717) is 13.2 Å². The molecule has 2 saturated heterocycles. The van der Waals surface area contributed by atoms with E-state index in [-0.39, 0.29) is 22.9 Å². The van der Waals surface area contributed by atoms with Crippen molar-refractivity contribution >= 4 is 5.91 Å². The molecule has 116 valence electrons. The van der Waals surface area contributed by atoms with Crippen LogP contribution in [0.3, 0.4) is 0 Å². The standard InChI is InChI=1S/C16H29NO3/c1-7-14(5)11-16(19-9-10-20-16)12(3)15(6,8-2)17(14)13(4)18/h12H,7-11H2,1-6H3. The van der Waals surface area contributed by atoms with Gasteiger partial charge in [-0.25, -0.2) is 0 Å². The summed E-state index contributed by atoms with van der Waals surface area (Å²) in [5.41, 5.74) is -0.452. The summed E-state index contributed by atoms with van der Waals surface area (Å²) in [6.45, 7) is 13.8. The minimum atomic E-state index is -0.526. The number of amides is 1. The van der Waals surface area contributed by atoms with E-state index in [0.717, 1.165) is 19.3 Å². The van der Waals surface area contributed by atoms with Crippen molar-refractivity contribution in [2.24, 2.45) is 5.92 Å². The Morgan fingerprint density at radius 3 is 2.15 bits per heavy atom. The summed E-state index contributed by atoms with van der Waals surface area (Å²) in [6, 6.07) is 0. The molecule has 4 nitrogen and oxygen atoms in total. The van der Waals surface area contributed by atoms with Crippen molar-refractivity contribution in [3.05, 3.63) is 0 Å². The monoisotopic (exact) mass is 283 g/mol. The van der Waals surface area contributed by atoms with Crippen LogP contribution in [0.5, 0.6) is 0 Å². The smallest absolute Gasteiger partial charge is 0.220 e. The fourth-order valence-electron chi connectivity index (χ4n) is 4.36. The minimum Gasteiger partial charge on any atom is -0.347 e. The Balaban J connectivity index is 2.52. The Morgan fingerprint density at radius 1 is 1.20 bits per heavy atom. The van der Waals surface area contributed by atoms with Gasteiger partial charge in [-0.3, -0.25) is 4.79 Å². The average molecular weight is 283 g/mol. The summed E-state index contributed by atoms with van der Waals surface area (Å²) in [7, 11) is 0. The highest BCUT2D eigenvalue weighted by atomic mass is 16.7. The molecule has 2 aliphatic rings. The van der Waals surface area contributed by atoms with Crippen molar-refractivity contribution in [2.45, 2.75) is 77.7 Å². The molecule has 1 spiro atoms. The molecule has 3 unspecified atom stereocenters. The average Bonchev–Trinajstić information content (AvgIpc) is 2.85. The van der Waals surface area contributed by atoms with Gasteiger partial charge in [0, 0.05) is 30.3 Å². The molecule has 0 aromatic heterocycles. The fourth-order valence-corrected chi connectivity index (χ4v) is 4.36. The van der Waals surface area contributed by atoms with E-state index in [1.54, 1.807) is 6.92 Å². The molecule has 3 atom stereocenters. The molecule has 20 heavy (non-hydrogen) atoms. The molecule has 1 amide bonds. The van der Waals surface area contributed by atoms with Crippen LogP contribution in [0.4, 0.5) is 0 Å². The maximum atomic E-state index is 12.3. The zero-order chi connectivity index (χ0) is 15.2. The predicted molar refractivity (Wildman–Crippen MR) is 78.3 cm³/mol. The third kappa shape index (κ3) is 2.00. The SMILES string of the molecule is CCC1(C)CC2(OCCO2)C(C)C(C)(CC)N1C(C)=O. The van der Waals surface area contributed by atoms with Gasteiger partial charge in [0.15, 0.2) is 5.79 Å². The number of likely N-dealkylation sites (tertiary alicyclic amines) is 1. The third-order valence-electron chi connectivity index (χ3n) is 5.84. The highest BCUT2D eigenvalue weighted by Crippen LogP contribution is 2.53. The van der Waals surface area contributed by atoms with E-state index < -0.39 is 5.79 Å². The van der Waals surface area contributed by atoms with Gasteiger partial charge in [0.05, 0.1) is 13.2 Å². The Bertz CT molecular complexity index is 391. The molecule has 2 fully saturated rings. The van der Waals surface area contributed by atoms with E-state index in [1.165, 1.54) is 0 Å². The number of carbonyl (C=O) groups excluding carboxylic acids is 1. The Kier molecular flexibility index (Phi) is 3.93. The van der Waals surface area contributed by atoms with Crippen LogP contribution in [0.15, 0.2) is 0 Å². The van der Waals surface area contributed by atoms with Crippen molar-refractivity contribution in [3.63, 3.8) is 0 Å². The van der Waals surface area contributed by atoms with Crippen molar-refractivity contribution in [1.82, 2.24) is 4.90 Å². The Hall–Kier alpha value is -0.610. The summed E-state index contributed by atoms with van der Waals surface area (Å²) in [5, 5.41) is 0. The third-order valence-corrected chi connectivity index (χ3v) is 5.84. The lowest BCUT2D eigenvalue weighted by Crippen LogP contribution is -2.72. The zero-order valence-corrected chi connectivity index (χ0v) is 13.8. The van der Waals surface area contributed by atoms with Crippen molar-refractivity contribution in [2.75, 3.05) is 13.2 Å². The first-order valence-corrected chi connectivity index (χ1v) is 7.84. The molecule has 0 aliphatic carbocycles. The summed E-state index contributed by atoms with van der Waals surface area (Å²) in [5.74, 6) is -0.217. The second kappa shape index (κ2) is 4.99. The van der Waals surface area contributed by atoms with Crippen LogP contribution in [-0.2, 0) is 14.3 Å². The number of piperidine rings is 1. The van der Waals surface area contributed by atoms with Gasteiger partial charge in [-0.1, -0.05) is 20.8 Å². The van der Waals surface area contributed by atoms with Gasteiger partial charge in [-0.15, -0.1) is 0 Å². The number of nitrogens with zero attached hydrogens (tertiary/aromatic N) is 1. The van der Waals surface area contributed by atoms with Crippen molar-refractivity contribution in [1.29, 1.82) is 0 Å². The number of hydrogen-bond donors (Lipinski definition) is 0. The molecule has 2 heterocycles. The van der Waals surface area contributed by atoms with Crippen LogP contribution in [-0.4, -0.2) is 40.9 Å². The summed E-state index contributed by atoms with van der Waals surface area (Å²) < 4.78 is 12.1. The molecule has 0 saturated carbocycles. The number of rotatable bonds is 2. The quantitative estimate of drug-likeness (QED) is 0.782. The zero-order valence-electron chi connectivity index (χ0n) is 13.8. The molecule has 2 aliphatic heterocycles. The first-order chi connectivity index (χ1) is 9.26. The van der Waals surface area contributed by atoms with Crippen LogP contribution >= 0.6 is 0 Å². The minimum absolute atomic E-state index is 0.151. The largest absolute Gasteiger partial charge is 0.347 e. The van der Waals surface area contributed by atoms with E-state index in [1.807, 2.05) is 0 Å². The normalized spacial score (nSPS) is 40.3. The van der Waals surface area contributed by atoms with Crippen molar-refractivity contribution < 1.29 is 14.3 Å². The van der Waals surface area contributed by atoms with E-state index >= 15 is 0 Å².